The number of amides is 1. The molecule has 0 aromatic heterocycles. The Kier molecular flexibility index (Phi) is 7.32. The molecule has 0 N–H and O–H groups in total. The van der Waals surface area contributed by atoms with E-state index < -0.39 is 14.6 Å². The van der Waals surface area contributed by atoms with Crippen LogP contribution in [0, 0.1) is 28.1 Å². The monoisotopic (exact) mass is 342 g/mol. The Morgan fingerprint density at radius 1 is 1.47 bits per heavy atom. The van der Waals surface area contributed by atoms with E-state index in [0.29, 0.717) is 11.9 Å². The predicted octanol–water partition coefficient (Wildman–Crippen LogP) is 3.46. The van der Waals surface area contributed by atoms with Crippen molar-refractivity contribution in [1.82, 2.24) is 4.31 Å². The lowest BCUT2D eigenvalue weighted by Crippen LogP contribution is -2.27. The summed E-state index contributed by atoms with van der Waals surface area (Å²) in [6, 6.07) is 3.65. The lowest BCUT2D eigenvalue weighted by molar-refractivity contribution is 0.134. The number of nitriles is 2. The number of nitrogens with zero attached hydrogens (tertiary/aromatic N) is 4. The number of oxime groups is 1. The first kappa shape index (κ1) is 18.1. The third kappa shape index (κ3) is 8.79. The van der Waals surface area contributed by atoms with Gasteiger partial charge in [0.15, 0.2) is 0 Å². The summed E-state index contributed by atoms with van der Waals surface area (Å²) in [4.78, 5) is 16.0. The molecule has 0 fully saturated rings. The second-order valence-electron chi connectivity index (χ2n) is 3.66. The Morgan fingerprint density at radius 3 is 2.47 bits per heavy atom. The molecule has 0 aliphatic rings. The van der Waals surface area contributed by atoms with Crippen LogP contribution in [0.3, 0.4) is 0 Å². The lowest BCUT2D eigenvalue weighted by Gasteiger charge is -2.19. The van der Waals surface area contributed by atoms with E-state index in [2.05, 4.69) is 9.99 Å². The van der Waals surface area contributed by atoms with Gasteiger partial charge in [0.25, 0.3) is 3.12 Å². The molecule has 0 aromatic rings. The second kappa shape index (κ2) is 7.66. The fourth-order valence-electron chi connectivity index (χ4n) is 0.601. The van der Waals surface area contributed by atoms with Crippen LogP contribution in [0.4, 0.5) is 4.79 Å². The molecule has 0 aliphatic heterocycles. The highest BCUT2D eigenvalue weighted by atomic mass is 35.6. The van der Waals surface area contributed by atoms with Gasteiger partial charge in [0.2, 0.25) is 0 Å². The van der Waals surface area contributed by atoms with E-state index in [-0.39, 0.29) is 6.54 Å². The summed E-state index contributed by atoms with van der Waals surface area (Å²) in [7, 11) is 0. The van der Waals surface area contributed by atoms with Crippen LogP contribution < -0.4 is 0 Å². The van der Waals surface area contributed by atoms with Gasteiger partial charge in [0, 0.05) is 11.9 Å². The molecule has 104 valence electrons. The maximum Gasteiger partial charge on any atom is 0.447 e. The molecular weight excluding hydrogens is 335 g/mol. The van der Waals surface area contributed by atoms with Crippen LogP contribution in [-0.2, 0) is 4.84 Å². The van der Waals surface area contributed by atoms with Crippen LogP contribution in [-0.4, -0.2) is 26.3 Å². The Labute approximate surface area is 129 Å². The fourth-order valence-corrected chi connectivity index (χ4v) is 1.83. The molecule has 0 unspecified atom stereocenters. The fraction of sp³-hybridized carbons (Fsp3) is 0.556. The second-order valence-corrected chi connectivity index (χ2v) is 7.85. The Balaban J connectivity index is 4.60. The molecule has 6 nitrogen and oxygen atoms in total. The summed E-state index contributed by atoms with van der Waals surface area (Å²) in [6.45, 7) is 2.80. The van der Waals surface area contributed by atoms with Gasteiger partial charge in [0.05, 0.1) is 23.8 Å². The Bertz CT molecular complexity index is 436. The third-order valence-electron chi connectivity index (χ3n) is 1.43. The first-order valence-corrected chi connectivity index (χ1v) is 6.59. The molecule has 10 heteroatoms. The molecule has 0 saturated heterocycles. The van der Waals surface area contributed by atoms with Gasteiger partial charge in [0.1, 0.15) is 6.54 Å². The van der Waals surface area contributed by atoms with Crippen LogP contribution in [0.1, 0.15) is 13.8 Å². The third-order valence-corrected chi connectivity index (χ3v) is 2.75. The molecular formula is C9H9Cl3N4O2S. The number of halogens is 3. The minimum Gasteiger partial charge on any atom is -0.298 e. The SMILES string of the molecule is CC(C)(C#N)C=NOC(=O)N(CC#N)SC(Cl)(Cl)Cl. The molecule has 0 aromatic carbocycles. The van der Waals surface area contributed by atoms with Gasteiger partial charge in [-0.05, 0) is 13.8 Å². The molecule has 0 saturated carbocycles. The van der Waals surface area contributed by atoms with Gasteiger partial charge in [-0.15, -0.1) is 0 Å². The lowest BCUT2D eigenvalue weighted by atomic mass is 9.98. The van der Waals surface area contributed by atoms with E-state index in [1.807, 2.05) is 6.07 Å². The van der Waals surface area contributed by atoms with Crippen molar-refractivity contribution in [1.29, 1.82) is 10.5 Å². The highest BCUT2D eigenvalue weighted by Crippen LogP contribution is 2.41. The zero-order chi connectivity index (χ0) is 15.1. The normalized spacial score (nSPS) is 11.7. The van der Waals surface area contributed by atoms with Gasteiger partial charge in [-0.3, -0.25) is 4.84 Å². The quantitative estimate of drug-likeness (QED) is 0.195. The van der Waals surface area contributed by atoms with Crippen molar-refractivity contribution >= 4 is 59.1 Å². The molecule has 19 heavy (non-hydrogen) atoms. The van der Waals surface area contributed by atoms with E-state index in [0.717, 1.165) is 10.5 Å². The summed E-state index contributed by atoms with van der Waals surface area (Å²) in [6.07, 6.45) is 0.165. The molecule has 0 atom stereocenters. The van der Waals surface area contributed by atoms with Crippen molar-refractivity contribution in [2.45, 2.75) is 17.0 Å². The number of carbonyl (C=O) groups is 1. The smallest absolute Gasteiger partial charge is 0.298 e. The minimum absolute atomic E-state index is 0.353. The Morgan fingerprint density at radius 2 is 2.05 bits per heavy atom. The van der Waals surface area contributed by atoms with Gasteiger partial charge in [-0.2, -0.15) is 10.5 Å². The molecule has 0 spiro atoms. The number of hydrogen-bond acceptors (Lipinski definition) is 6. The first-order valence-electron chi connectivity index (χ1n) is 4.68. The average Bonchev–Trinajstić information content (AvgIpc) is 2.26. The van der Waals surface area contributed by atoms with Gasteiger partial charge < -0.3 is 0 Å². The van der Waals surface area contributed by atoms with Crippen LogP contribution in [0.2, 0.25) is 0 Å². The van der Waals surface area contributed by atoms with Crippen molar-refractivity contribution in [3.05, 3.63) is 0 Å². The maximum absolute atomic E-state index is 11.5. The number of rotatable bonds is 4. The summed E-state index contributed by atoms with van der Waals surface area (Å²) >= 11 is 17.0. The van der Waals surface area contributed by atoms with Crippen molar-refractivity contribution in [3.63, 3.8) is 0 Å². The number of alkyl halides is 3. The van der Waals surface area contributed by atoms with E-state index in [1.165, 1.54) is 0 Å². The largest absolute Gasteiger partial charge is 0.447 e. The van der Waals surface area contributed by atoms with E-state index in [4.69, 9.17) is 45.3 Å². The zero-order valence-electron chi connectivity index (χ0n) is 9.93. The van der Waals surface area contributed by atoms with Crippen LogP contribution >= 0.6 is 46.8 Å². The zero-order valence-corrected chi connectivity index (χ0v) is 13.0. The molecule has 0 rings (SSSR count). The molecule has 0 bridgehead atoms. The van der Waals surface area contributed by atoms with E-state index >= 15 is 0 Å². The summed E-state index contributed by atoms with van der Waals surface area (Å²) in [5.74, 6) is 0. The highest BCUT2D eigenvalue weighted by Gasteiger charge is 2.29. The Hall–Kier alpha value is -0.860. The van der Waals surface area contributed by atoms with Crippen LogP contribution in [0.15, 0.2) is 5.16 Å². The predicted molar refractivity (Wildman–Crippen MR) is 74.6 cm³/mol. The molecule has 0 radical (unpaired) electrons. The van der Waals surface area contributed by atoms with Gasteiger partial charge in [-0.25, -0.2) is 9.10 Å². The summed E-state index contributed by atoms with van der Waals surface area (Å²) in [5, 5.41) is 20.6. The van der Waals surface area contributed by atoms with E-state index in [9.17, 15) is 4.79 Å². The van der Waals surface area contributed by atoms with Crippen molar-refractivity contribution < 1.29 is 9.63 Å². The first-order chi connectivity index (χ1) is 8.61. The summed E-state index contributed by atoms with van der Waals surface area (Å²) in [5.41, 5.74) is -0.886. The number of hydrogen-bond donors (Lipinski definition) is 0. The molecule has 1 amide bonds. The van der Waals surface area contributed by atoms with Crippen molar-refractivity contribution in [3.8, 4) is 12.1 Å². The summed E-state index contributed by atoms with van der Waals surface area (Å²) < 4.78 is -1.02. The van der Waals surface area contributed by atoms with Crippen LogP contribution in [0.5, 0.6) is 0 Å². The highest BCUT2D eigenvalue weighted by molar-refractivity contribution is 8.03. The van der Waals surface area contributed by atoms with E-state index in [1.54, 1.807) is 19.9 Å². The standard InChI is InChI=1S/C9H9Cl3N4O2S/c1-8(2,5-14)6-15-18-7(17)16(4-3-13)19-9(10,11)12/h6H,4H2,1-2H3. The van der Waals surface area contributed by atoms with Gasteiger partial charge in [-0.1, -0.05) is 40.0 Å². The molecule has 0 heterocycles. The van der Waals surface area contributed by atoms with Crippen molar-refractivity contribution in [2.75, 3.05) is 6.54 Å². The maximum atomic E-state index is 11.5. The van der Waals surface area contributed by atoms with Crippen LogP contribution in [0.25, 0.3) is 0 Å². The topological polar surface area (TPSA) is 89.5 Å². The molecule has 0 aliphatic carbocycles. The average molecular weight is 344 g/mol. The van der Waals surface area contributed by atoms with Crippen molar-refractivity contribution in [2.24, 2.45) is 10.6 Å². The van der Waals surface area contributed by atoms with Gasteiger partial charge >= 0.3 is 6.09 Å². The minimum atomic E-state index is -1.81. The number of carbonyl (C=O) groups excluding carboxylic acids is 1.